The number of likely N-dealkylation sites (tertiary alicyclic amines) is 1. The first-order valence-corrected chi connectivity index (χ1v) is 6.49. The van der Waals surface area contributed by atoms with Crippen LogP contribution in [-0.4, -0.2) is 35.8 Å². The van der Waals surface area contributed by atoms with E-state index in [2.05, 4.69) is 9.64 Å². The van der Waals surface area contributed by atoms with Gasteiger partial charge in [0.1, 0.15) is 5.75 Å². The number of hydrogen-bond donors (Lipinski definition) is 1. The van der Waals surface area contributed by atoms with Gasteiger partial charge in [0, 0.05) is 13.1 Å². The molecule has 1 aromatic rings. The van der Waals surface area contributed by atoms with Gasteiger partial charge in [0.25, 0.3) is 0 Å². The van der Waals surface area contributed by atoms with Gasteiger partial charge in [-0.05, 0) is 36.6 Å². The summed E-state index contributed by atoms with van der Waals surface area (Å²) in [6, 6.07) is 6.72. The van der Waals surface area contributed by atoms with Crippen LogP contribution in [0.4, 0.5) is 8.78 Å². The van der Waals surface area contributed by atoms with Crippen LogP contribution < -0.4 is 4.74 Å². The second-order valence-corrected chi connectivity index (χ2v) is 5.09. The Hall–Kier alpha value is -1.20. The van der Waals surface area contributed by atoms with E-state index < -0.39 is 6.61 Å². The third-order valence-corrected chi connectivity index (χ3v) is 3.53. The Bertz CT molecular complexity index is 414. The summed E-state index contributed by atoms with van der Waals surface area (Å²) >= 11 is 0. The predicted molar refractivity (Wildman–Crippen MR) is 68.1 cm³/mol. The smallest absolute Gasteiger partial charge is 0.387 e. The van der Waals surface area contributed by atoms with E-state index in [-0.39, 0.29) is 11.9 Å². The van der Waals surface area contributed by atoms with Gasteiger partial charge in [0.15, 0.2) is 0 Å². The van der Waals surface area contributed by atoms with Gasteiger partial charge in [-0.3, -0.25) is 4.90 Å². The fraction of sp³-hybridized carbons (Fsp3) is 0.571. The largest absolute Gasteiger partial charge is 0.435 e. The topological polar surface area (TPSA) is 32.7 Å². The molecule has 0 spiro atoms. The van der Waals surface area contributed by atoms with Gasteiger partial charge in [-0.25, -0.2) is 0 Å². The van der Waals surface area contributed by atoms with E-state index in [1.807, 2.05) is 13.0 Å². The Labute approximate surface area is 111 Å². The van der Waals surface area contributed by atoms with E-state index in [0.29, 0.717) is 19.0 Å². The summed E-state index contributed by atoms with van der Waals surface area (Å²) in [5.41, 5.74) is 0.917. The molecule has 1 saturated heterocycles. The van der Waals surface area contributed by atoms with E-state index in [1.165, 1.54) is 6.07 Å². The summed E-state index contributed by atoms with van der Waals surface area (Å²) in [7, 11) is 0. The van der Waals surface area contributed by atoms with E-state index in [0.717, 1.165) is 18.5 Å². The third kappa shape index (κ3) is 4.14. The molecule has 106 valence electrons. The molecule has 2 unspecified atom stereocenters. The van der Waals surface area contributed by atoms with Crippen LogP contribution in [-0.2, 0) is 6.54 Å². The molecular formula is C14H19F2NO2. The van der Waals surface area contributed by atoms with Crippen LogP contribution in [0.2, 0.25) is 0 Å². The molecule has 3 nitrogen and oxygen atoms in total. The van der Waals surface area contributed by atoms with Crippen LogP contribution in [0.15, 0.2) is 24.3 Å². The van der Waals surface area contributed by atoms with Crippen molar-refractivity contribution >= 4 is 0 Å². The second-order valence-electron chi connectivity index (χ2n) is 5.09. The summed E-state index contributed by atoms with van der Waals surface area (Å²) < 4.78 is 28.7. The van der Waals surface area contributed by atoms with Crippen LogP contribution in [0.3, 0.4) is 0 Å². The molecule has 1 aliphatic rings. The lowest BCUT2D eigenvalue weighted by atomic mass is 9.96. The Morgan fingerprint density at radius 3 is 2.95 bits per heavy atom. The highest BCUT2D eigenvalue weighted by Crippen LogP contribution is 2.21. The zero-order valence-corrected chi connectivity index (χ0v) is 10.9. The molecular weight excluding hydrogens is 252 g/mol. The lowest BCUT2D eigenvalue weighted by molar-refractivity contribution is -0.0499. The van der Waals surface area contributed by atoms with Crippen molar-refractivity contribution in [3.63, 3.8) is 0 Å². The first-order valence-electron chi connectivity index (χ1n) is 6.49. The maximum atomic E-state index is 12.1. The fourth-order valence-electron chi connectivity index (χ4n) is 2.34. The number of nitrogens with zero attached hydrogens (tertiary/aromatic N) is 1. The highest BCUT2D eigenvalue weighted by atomic mass is 19.3. The van der Waals surface area contributed by atoms with E-state index in [1.54, 1.807) is 12.1 Å². The Morgan fingerprint density at radius 1 is 1.47 bits per heavy atom. The molecule has 0 bridgehead atoms. The number of alkyl halides is 2. The minimum atomic E-state index is -2.80. The van der Waals surface area contributed by atoms with Gasteiger partial charge in [0.05, 0.1) is 6.10 Å². The molecule has 0 amide bonds. The fourth-order valence-corrected chi connectivity index (χ4v) is 2.34. The first-order chi connectivity index (χ1) is 9.04. The van der Waals surface area contributed by atoms with Gasteiger partial charge >= 0.3 is 6.61 Å². The number of β-amino-alcohol motifs (C(OH)–C–C–N with tert-alkyl or cyclic N) is 1. The van der Waals surface area contributed by atoms with Crippen LogP contribution >= 0.6 is 0 Å². The molecule has 5 heteroatoms. The minimum Gasteiger partial charge on any atom is -0.435 e. The number of rotatable bonds is 4. The number of ether oxygens (including phenoxy) is 1. The zero-order valence-electron chi connectivity index (χ0n) is 10.9. The predicted octanol–water partition coefficient (Wildman–Crippen LogP) is 2.49. The monoisotopic (exact) mass is 271 g/mol. The zero-order chi connectivity index (χ0) is 13.8. The van der Waals surface area contributed by atoms with Crippen LogP contribution in [0.25, 0.3) is 0 Å². The first kappa shape index (κ1) is 14.2. The number of benzene rings is 1. The van der Waals surface area contributed by atoms with E-state index in [9.17, 15) is 13.9 Å². The number of aliphatic hydroxyl groups is 1. The molecule has 1 aliphatic heterocycles. The molecule has 0 radical (unpaired) electrons. The minimum absolute atomic E-state index is 0.179. The number of piperidine rings is 1. The van der Waals surface area contributed by atoms with Crippen molar-refractivity contribution in [2.24, 2.45) is 5.92 Å². The molecule has 0 saturated carbocycles. The van der Waals surface area contributed by atoms with Crippen molar-refractivity contribution in [3.05, 3.63) is 29.8 Å². The number of aliphatic hydroxyl groups excluding tert-OH is 1. The molecule has 2 atom stereocenters. The molecule has 19 heavy (non-hydrogen) atoms. The van der Waals surface area contributed by atoms with Crippen molar-refractivity contribution in [1.29, 1.82) is 0 Å². The SMILES string of the molecule is CC1CCN(Cc2cccc(OC(F)F)c2)CC1O. The van der Waals surface area contributed by atoms with Crippen molar-refractivity contribution < 1.29 is 18.6 Å². The molecule has 1 heterocycles. The Morgan fingerprint density at radius 2 is 2.26 bits per heavy atom. The molecule has 1 N–H and O–H groups in total. The quantitative estimate of drug-likeness (QED) is 0.913. The lowest BCUT2D eigenvalue weighted by Gasteiger charge is -2.34. The van der Waals surface area contributed by atoms with E-state index >= 15 is 0 Å². The summed E-state index contributed by atoms with van der Waals surface area (Å²) in [5.74, 6) is 0.503. The van der Waals surface area contributed by atoms with Gasteiger partial charge in [-0.15, -0.1) is 0 Å². The summed E-state index contributed by atoms with van der Waals surface area (Å²) in [4.78, 5) is 2.13. The Balaban J connectivity index is 1.95. The summed E-state index contributed by atoms with van der Waals surface area (Å²) in [5, 5.41) is 9.83. The Kier molecular flexibility index (Phi) is 4.71. The number of hydrogen-bond acceptors (Lipinski definition) is 3. The van der Waals surface area contributed by atoms with Crippen LogP contribution in [0, 0.1) is 5.92 Å². The van der Waals surface area contributed by atoms with Crippen LogP contribution in [0.1, 0.15) is 18.9 Å². The van der Waals surface area contributed by atoms with Crippen molar-refractivity contribution in [2.75, 3.05) is 13.1 Å². The summed E-state index contributed by atoms with van der Waals surface area (Å²) in [6.45, 7) is 1.43. The molecule has 0 aliphatic carbocycles. The third-order valence-electron chi connectivity index (χ3n) is 3.53. The normalized spacial score (nSPS) is 24.7. The lowest BCUT2D eigenvalue weighted by Crippen LogP contribution is -2.42. The maximum absolute atomic E-state index is 12.1. The highest BCUT2D eigenvalue weighted by Gasteiger charge is 2.24. The number of halogens is 2. The van der Waals surface area contributed by atoms with Crippen molar-refractivity contribution in [3.8, 4) is 5.75 Å². The second kappa shape index (κ2) is 6.30. The average Bonchev–Trinajstić information content (AvgIpc) is 2.33. The molecule has 0 aromatic heterocycles. The van der Waals surface area contributed by atoms with Gasteiger partial charge in [-0.2, -0.15) is 8.78 Å². The summed E-state index contributed by atoms with van der Waals surface area (Å²) in [6.07, 6.45) is 0.642. The van der Waals surface area contributed by atoms with Crippen molar-refractivity contribution in [2.45, 2.75) is 32.6 Å². The van der Waals surface area contributed by atoms with Crippen LogP contribution in [0.5, 0.6) is 5.75 Å². The maximum Gasteiger partial charge on any atom is 0.387 e. The standard InChI is InChI=1S/C14H19F2NO2/c1-10-5-6-17(9-13(10)18)8-11-3-2-4-12(7-11)19-14(15)16/h2-4,7,10,13-14,18H,5-6,8-9H2,1H3. The molecule has 2 rings (SSSR count). The average molecular weight is 271 g/mol. The van der Waals surface area contributed by atoms with Gasteiger partial charge in [0.2, 0.25) is 0 Å². The highest BCUT2D eigenvalue weighted by molar-refractivity contribution is 5.28. The van der Waals surface area contributed by atoms with Gasteiger partial charge < -0.3 is 9.84 Å². The van der Waals surface area contributed by atoms with Gasteiger partial charge in [-0.1, -0.05) is 19.1 Å². The molecule has 1 fully saturated rings. The molecule has 1 aromatic carbocycles. The van der Waals surface area contributed by atoms with E-state index in [4.69, 9.17) is 0 Å². The van der Waals surface area contributed by atoms with Crippen molar-refractivity contribution in [1.82, 2.24) is 4.90 Å².